The molecular formula is C17H31NO5. The van der Waals surface area contributed by atoms with E-state index in [0.29, 0.717) is 19.4 Å². The van der Waals surface area contributed by atoms with Crippen molar-refractivity contribution in [3.05, 3.63) is 0 Å². The molecule has 1 N–H and O–H groups in total. The van der Waals surface area contributed by atoms with Crippen molar-refractivity contribution in [1.82, 2.24) is 4.90 Å². The number of unbranched alkanes of at least 4 members (excludes halogenated alkanes) is 3. The van der Waals surface area contributed by atoms with Gasteiger partial charge in [-0.05, 0) is 46.5 Å². The number of rotatable bonds is 7. The highest BCUT2D eigenvalue weighted by molar-refractivity contribution is 5.86. The Labute approximate surface area is 139 Å². The van der Waals surface area contributed by atoms with Gasteiger partial charge in [0.2, 0.25) is 0 Å². The Morgan fingerprint density at radius 2 is 1.83 bits per heavy atom. The first kappa shape index (κ1) is 19.7. The fraction of sp³-hybridized carbons (Fsp3) is 0.882. The Morgan fingerprint density at radius 1 is 1.17 bits per heavy atom. The molecule has 1 fully saturated rings. The third-order valence-corrected chi connectivity index (χ3v) is 4.17. The predicted octanol–water partition coefficient (Wildman–Crippen LogP) is 2.87. The highest BCUT2D eigenvalue weighted by Crippen LogP contribution is 2.36. The summed E-state index contributed by atoms with van der Waals surface area (Å²) < 4.78 is 10.5. The topological polar surface area (TPSA) is 76.1 Å². The average Bonchev–Trinajstić information content (AvgIpc) is 2.89. The summed E-state index contributed by atoms with van der Waals surface area (Å²) in [6, 6.07) is 0. The molecule has 0 bridgehead atoms. The average molecular weight is 329 g/mol. The van der Waals surface area contributed by atoms with Crippen LogP contribution in [0.4, 0.5) is 4.79 Å². The normalized spacial score (nSPS) is 21.3. The van der Waals surface area contributed by atoms with Crippen molar-refractivity contribution in [3.8, 4) is 0 Å². The Kier molecular flexibility index (Phi) is 7.32. The van der Waals surface area contributed by atoms with Crippen LogP contribution in [0.15, 0.2) is 0 Å². The van der Waals surface area contributed by atoms with Gasteiger partial charge in [-0.3, -0.25) is 4.90 Å². The molecule has 1 amide bonds. The number of esters is 1. The fourth-order valence-corrected chi connectivity index (χ4v) is 3.11. The summed E-state index contributed by atoms with van der Waals surface area (Å²) >= 11 is 0. The molecule has 0 spiro atoms. The maximum atomic E-state index is 12.5. The van der Waals surface area contributed by atoms with Crippen LogP contribution in [-0.4, -0.2) is 53.5 Å². The zero-order chi connectivity index (χ0) is 17.5. The van der Waals surface area contributed by atoms with E-state index in [2.05, 4.69) is 0 Å². The standard InChI is InChI=1S/C17H31NO5/c1-16(2,3)23-15(21)18-12-9-11-17(18,14(20)22-4)10-7-5-6-8-13-19/h19H,5-13H2,1-4H3. The summed E-state index contributed by atoms with van der Waals surface area (Å²) in [4.78, 5) is 26.5. The summed E-state index contributed by atoms with van der Waals surface area (Å²) in [5.74, 6) is -0.358. The largest absolute Gasteiger partial charge is 0.467 e. The number of carbonyl (C=O) groups is 2. The summed E-state index contributed by atoms with van der Waals surface area (Å²) in [6.07, 6.45) is 4.92. The summed E-state index contributed by atoms with van der Waals surface area (Å²) in [7, 11) is 1.36. The monoisotopic (exact) mass is 329 g/mol. The van der Waals surface area contributed by atoms with Gasteiger partial charge in [-0.15, -0.1) is 0 Å². The number of amides is 1. The molecule has 0 saturated carbocycles. The number of aliphatic hydroxyl groups excluding tert-OH is 1. The van der Waals surface area contributed by atoms with Gasteiger partial charge < -0.3 is 14.6 Å². The Hall–Kier alpha value is -1.30. The highest BCUT2D eigenvalue weighted by atomic mass is 16.6. The van der Waals surface area contributed by atoms with Crippen LogP contribution in [0, 0.1) is 0 Å². The van der Waals surface area contributed by atoms with E-state index in [0.717, 1.165) is 32.1 Å². The quantitative estimate of drug-likeness (QED) is 0.574. The molecule has 1 saturated heterocycles. The van der Waals surface area contributed by atoms with Crippen LogP contribution in [-0.2, 0) is 14.3 Å². The van der Waals surface area contributed by atoms with Gasteiger partial charge in [0, 0.05) is 13.2 Å². The van der Waals surface area contributed by atoms with Crippen LogP contribution in [0.1, 0.15) is 65.7 Å². The van der Waals surface area contributed by atoms with Crippen molar-refractivity contribution in [2.24, 2.45) is 0 Å². The van der Waals surface area contributed by atoms with Gasteiger partial charge in [-0.2, -0.15) is 0 Å². The van der Waals surface area contributed by atoms with Crippen LogP contribution < -0.4 is 0 Å². The van der Waals surface area contributed by atoms with Crippen LogP contribution >= 0.6 is 0 Å². The first-order valence-corrected chi connectivity index (χ1v) is 8.47. The molecule has 0 aromatic rings. The van der Waals surface area contributed by atoms with Crippen LogP contribution in [0.3, 0.4) is 0 Å². The SMILES string of the molecule is COC(=O)C1(CCCCCCO)CCCN1C(=O)OC(C)(C)C. The molecule has 1 aliphatic rings. The van der Waals surface area contributed by atoms with Crippen LogP contribution in [0.25, 0.3) is 0 Å². The van der Waals surface area contributed by atoms with Crippen molar-refractivity contribution < 1.29 is 24.2 Å². The number of likely N-dealkylation sites (tertiary alicyclic amines) is 1. The number of nitrogens with zero attached hydrogens (tertiary/aromatic N) is 1. The molecule has 134 valence electrons. The molecular weight excluding hydrogens is 298 g/mol. The number of hydrogen-bond acceptors (Lipinski definition) is 5. The molecule has 6 heteroatoms. The van der Waals surface area contributed by atoms with Gasteiger partial charge in [0.05, 0.1) is 7.11 Å². The lowest BCUT2D eigenvalue weighted by atomic mass is 9.89. The van der Waals surface area contributed by atoms with Gasteiger partial charge in [0.25, 0.3) is 0 Å². The second-order valence-electron chi connectivity index (χ2n) is 7.15. The molecule has 0 aromatic heterocycles. The molecule has 1 rings (SSSR count). The number of carbonyl (C=O) groups excluding carboxylic acids is 2. The predicted molar refractivity (Wildman–Crippen MR) is 87.1 cm³/mol. The summed E-state index contributed by atoms with van der Waals surface area (Å²) in [6.45, 7) is 6.15. The molecule has 1 aliphatic heterocycles. The van der Waals surface area contributed by atoms with Crippen molar-refractivity contribution in [1.29, 1.82) is 0 Å². The molecule has 0 radical (unpaired) electrons. The molecule has 1 heterocycles. The highest BCUT2D eigenvalue weighted by Gasteiger charge is 2.51. The third kappa shape index (κ3) is 5.37. The summed E-state index contributed by atoms with van der Waals surface area (Å²) in [5.41, 5.74) is -1.50. The van der Waals surface area contributed by atoms with E-state index in [1.807, 2.05) is 20.8 Å². The zero-order valence-electron chi connectivity index (χ0n) is 14.9. The van der Waals surface area contributed by atoms with E-state index in [4.69, 9.17) is 14.6 Å². The minimum Gasteiger partial charge on any atom is -0.467 e. The van der Waals surface area contributed by atoms with E-state index < -0.39 is 17.2 Å². The van der Waals surface area contributed by atoms with E-state index in [-0.39, 0.29) is 12.6 Å². The molecule has 0 aromatic carbocycles. The number of aliphatic hydroxyl groups is 1. The van der Waals surface area contributed by atoms with Gasteiger partial charge >= 0.3 is 12.1 Å². The Morgan fingerprint density at radius 3 is 2.39 bits per heavy atom. The third-order valence-electron chi connectivity index (χ3n) is 4.17. The smallest absolute Gasteiger partial charge is 0.411 e. The molecule has 1 unspecified atom stereocenters. The fourth-order valence-electron chi connectivity index (χ4n) is 3.11. The van der Waals surface area contributed by atoms with Gasteiger partial charge in [-0.25, -0.2) is 9.59 Å². The number of ether oxygens (including phenoxy) is 2. The minimum absolute atomic E-state index is 0.187. The Balaban J connectivity index is 2.81. The van der Waals surface area contributed by atoms with Crippen molar-refractivity contribution in [2.75, 3.05) is 20.3 Å². The Bertz CT molecular complexity index is 404. The van der Waals surface area contributed by atoms with Crippen molar-refractivity contribution in [3.63, 3.8) is 0 Å². The first-order valence-electron chi connectivity index (χ1n) is 8.47. The number of hydrogen-bond donors (Lipinski definition) is 1. The molecule has 23 heavy (non-hydrogen) atoms. The maximum absolute atomic E-state index is 12.5. The zero-order valence-corrected chi connectivity index (χ0v) is 14.9. The van der Waals surface area contributed by atoms with E-state index in [1.165, 1.54) is 7.11 Å². The van der Waals surface area contributed by atoms with Gasteiger partial charge in [0.15, 0.2) is 0 Å². The van der Waals surface area contributed by atoms with Crippen molar-refractivity contribution in [2.45, 2.75) is 76.9 Å². The minimum atomic E-state index is -0.906. The van der Waals surface area contributed by atoms with Crippen molar-refractivity contribution >= 4 is 12.1 Å². The second-order valence-corrected chi connectivity index (χ2v) is 7.15. The lowest BCUT2D eigenvalue weighted by molar-refractivity contribution is -0.153. The summed E-state index contributed by atoms with van der Waals surface area (Å²) in [5, 5.41) is 8.83. The lowest BCUT2D eigenvalue weighted by Crippen LogP contribution is -2.54. The first-order chi connectivity index (χ1) is 10.8. The lowest BCUT2D eigenvalue weighted by Gasteiger charge is -2.36. The van der Waals surface area contributed by atoms with Crippen LogP contribution in [0.5, 0.6) is 0 Å². The van der Waals surface area contributed by atoms with E-state index in [9.17, 15) is 9.59 Å². The van der Waals surface area contributed by atoms with Gasteiger partial charge in [0.1, 0.15) is 11.1 Å². The van der Waals surface area contributed by atoms with E-state index in [1.54, 1.807) is 4.90 Å². The molecule has 0 aliphatic carbocycles. The second kappa shape index (κ2) is 8.52. The van der Waals surface area contributed by atoms with E-state index >= 15 is 0 Å². The molecule has 6 nitrogen and oxygen atoms in total. The molecule has 1 atom stereocenters. The van der Waals surface area contributed by atoms with Crippen LogP contribution in [0.2, 0.25) is 0 Å². The maximum Gasteiger partial charge on any atom is 0.411 e. The van der Waals surface area contributed by atoms with Gasteiger partial charge in [-0.1, -0.05) is 19.3 Å². The number of methoxy groups -OCH3 is 1.